The zero-order valence-electron chi connectivity index (χ0n) is 10.1. The minimum atomic E-state index is -3.86. The van der Waals surface area contributed by atoms with Crippen molar-refractivity contribution in [2.75, 3.05) is 13.3 Å². The molecule has 0 saturated heterocycles. The summed E-state index contributed by atoms with van der Waals surface area (Å²) < 4.78 is 39.7. The fraction of sp³-hybridized carbons (Fsp3) is 0.143. The van der Waals surface area contributed by atoms with Crippen molar-refractivity contribution in [3.63, 3.8) is 0 Å². The molecule has 0 saturated carbocycles. The van der Waals surface area contributed by atoms with Gasteiger partial charge in [-0.05, 0) is 23.3 Å². The first-order chi connectivity index (χ1) is 9.13. The van der Waals surface area contributed by atoms with Gasteiger partial charge in [-0.15, -0.1) is 0 Å². The SMILES string of the molecule is O=S(=O)(OCCF)c1ccc(-c2ccccc2)cc1. The van der Waals surface area contributed by atoms with Gasteiger partial charge in [0.1, 0.15) is 6.67 Å². The van der Waals surface area contributed by atoms with E-state index in [-0.39, 0.29) is 4.90 Å². The molecule has 0 heterocycles. The summed E-state index contributed by atoms with van der Waals surface area (Å²) in [6.07, 6.45) is 0. The van der Waals surface area contributed by atoms with E-state index in [1.807, 2.05) is 30.3 Å². The van der Waals surface area contributed by atoms with Crippen LogP contribution in [0.3, 0.4) is 0 Å². The summed E-state index contributed by atoms with van der Waals surface area (Å²) in [6.45, 7) is -1.29. The molecule has 5 heteroatoms. The van der Waals surface area contributed by atoms with Gasteiger partial charge in [0.15, 0.2) is 0 Å². The van der Waals surface area contributed by atoms with Crippen molar-refractivity contribution in [2.24, 2.45) is 0 Å². The van der Waals surface area contributed by atoms with Crippen molar-refractivity contribution >= 4 is 10.1 Å². The highest BCUT2D eigenvalue weighted by molar-refractivity contribution is 7.86. The van der Waals surface area contributed by atoms with Gasteiger partial charge in [0.25, 0.3) is 10.1 Å². The minimum Gasteiger partial charge on any atom is -0.264 e. The maximum Gasteiger partial charge on any atom is 0.297 e. The minimum absolute atomic E-state index is 0.0284. The first-order valence-corrected chi connectivity index (χ1v) is 7.15. The van der Waals surface area contributed by atoms with Gasteiger partial charge in [-0.2, -0.15) is 8.42 Å². The van der Waals surface area contributed by atoms with E-state index in [0.717, 1.165) is 11.1 Å². The molecule has 0 aliphatic rings. The van der Waals surface area contributed by atoms with Crippen LogP contribution < -0.4 is 0 Å². The predicted octanol–water partition coefficient (Wildman–Crippen LogP) is 3.03. The Morgan fingerprint density at radius 3 is 2.05 bits per heavy atom. The second-order valence-corrected chi connectivity index (χ2v) is 5.47. The molecule has 2 rings (SSSR count). The van der Waals surface area contributed by atoms with Crippen LogP contribution in [0.25, 0.3) is 11.1 Å². The summed E-state index contributed by atoms with van der Waals surface area (Å²) in [6, 6.07) is 15.9. The Labute approximate surface area is 111 Å². The average Bonchev–Trinajstić information content (AvgIpc) is 2.46. The lowest BCUT2D eigenvalue weighted by Gasteiger charge is -2.05. The lowest BCUT2D eigenvalue weighted by Crippen LogP contribution is -2.08. The van der Waals surface area contributed by atoms with Gasteiger partial charge in [0, 0.05) is 0 Å². The maximum atomic E-state index is 11.9. The maximum absolute atomic E-state index is 11.9. The Kier molecular flexibility index (Phi) is 4.29. The summed E-state index contributed by atoms with van der Waals surface area (Å²) >= 11 is 0. The van der Waals surface area contributed by atoms with Crippen molar-refractivity contribution in [2.45, 2.75) is 4.90 Å². The molecule has 0 spiro atoms. The first kappa shape index (κ1) is 13.7. The third kappa shape index (κ3) is 3.39. The molecule has 0 aliphatic heterocycles. The number of benzene rings is 2. The third-order valence-corrected chi connectivity index (χ3v) is 3.89. The highest BCUT2D eigenvalue weighted by atomic mass is 32.2. The molecule has 0 aliphatic carbocycles. The van der Waals surface area contributed by atoms with Crippen LogP contribution in [-0.2, 0) is 14.3 Å². The first-order valence-electron chi connectivity index (χ1n) is 5.74. The smallest absolute Gasteiger partial charge is 0.264 e. The molecule has 0 radical (unpaired) electrons. The molecule has 0 amide bonds. The summed E-state index contributed by atoms with van der Waals surface area (Å²) in [5, 5.41) is 0. The zero-order chi connectivity index (χ0) is 13.7. The van der Waals surface area contributed by atoms with E-state index >= 15 is 0 Å². The summed E-state index contributed by atoms with van der Waals surface area (Å²) in [5.74, 6) is 0. The normalized spacial score (nSPS) is 11.4. The Bertz CT molecular complexity index is 622. The van der Waals surface area contributed by atoms with E-state index in [1.54, 1.807) is 12.1 Å². The second-order valence-electron chi connectivity index (χ2n) is 3.86. The average molecular weight is 280 g/mol. The largest absolute Gasteiger partial charge is 0.297 e. The molecule has 0 fully saturated rings. The van der Waals surface area contributed by atoms with E-state index in [9.17, 15) is 12.8 Å². The Hall–Kier alpha value is -1.72. The Morgan fingerprint density at radius 2 is 1.47 bits per heavy atom. The summed E-state index contributed by atoms with van der Waals surface area (Å²) in [7, 11) is -3.86. The number of hydrogen-bond donors (Lipinski definition) is 0. The van der Waals surface area contributed by atoms with E-state index < -0.39 is 23.4 Å². The van der Waals surface area contributed by atoms with Crippen LogP contribution >= 0.6 is 0 Å². The third-order valence-electron chi connectivity index (χ3n) is 2.57. The van der Waals surface area contributed by atoms with Crippen molar-refractivity contribution < 1.29 is 17.0 Å². The molecule has 0 aromatic heterocycles. The van der Waals surface area contributed by atoms with Crippen molar-refractivity contribution in [3.05, 3.63) is 54.6 Å². The number of halogens is 1. The molecular formula is C14H13FO3S. The number of alkyl halides is 1. The molecule has 0 N–H and O–H groups in total. The van der Waals surface area contributed by atoms with Gasteiger partial charge >= 0.3 is 0 Å². The van der Waals surface area contributed by atoms with Crippen LogP contribution in [0.4, 0.5) is 4.39 Å². The summed E-state index contributed by atoms with van der Waals surface area (Å²) in [4.78, 5) is 0.0284. The van der Waals surface area contributed by atoms with Crippen molar-refractivity contribution in [3.8, 4) is 11.1 Å². The number of hydrogen-bond acceptors (Lipinski definition) is 3. The lowest BCUT2D eigenvalue weighted by atomic mass is 10.1. The highest BCUT2D eigenvalue weighted by Gasteiger charge is 2.14. The molecule has 0 unspecified atom stereocenters. The van der Waals surface area contributed by atoms with Gasteiger partial charge in [-0.25, -0.2) is 4.39 Å². The summed E-state index contributed by atoms with van der Waals surface area (Å²) in [5.41, 5.74) is 1.90. The zero-order valence-corrected chi connectivity index (χ0v) is 10.9. The molecule has 3 nitrogen and oxygen atoms in total. The van der Waals surface area contributed by atoms with Gasteiger partial charge < -0.3 is 0 Å². The van der Waals surface area contributed by atoms with Crippen LogP contribution in [0.2, 0.25) is 0 Å². The quantitative estimate of drug-likeness (QED) is 0.791. The predicted molar refractivity (Wildman–Crippen MR) is 71.0 cm³/mol. The van der Waals surface area contributed by atoms with Gasteiger partial charge in [0.2, 0.25) is 0 Å². The molecule has 2 aromatic rings. The fourth-order valence-corrected chi connectivity index (χ4v) is 2.54. The van der Waals surface area contributed by atoms with Crippen LogP contribution in [0.15, 0.2) is 59.5 Å². The van der Waals surface area contributed by atoms with Gasteiger partial charge in [-0.3, -0.25) is 4.18 Å². The van der Waals surface area contributed by atoms with Crippen LogP contribution in [0, 0.1) is 0 Å². The Balaban J connectivity index is 2.24. The monoisotopic (exact) mass is 280 g/mol. The fourth-order valence-electron chi connectivity index (χ4n) is 1.65. The topological polar surface area (TPSA) is 43.4 Å². The standard InChI is InChI=1S/C14H13FO3S/c15-10-11-18-19(16,17)14-8-6-13(7-9-14)12-4-2-1-3-5-12/h1-9H,10-11H2. The molecule has 19 heavy (non-hydrogen) atoms. The highest BCUT2D eigenvalue weighted by Crippen LogP contribution is 2.21. The molecular weight excluding hydrogens is 267 g/mol. The lowest BCUT2D eigenvalue weighted by molar-refractivity contribution is 0.277. The second kappa shape index (κ2) is 5.95. The van der Waals surface area contributed by atoms with Crippen LogP contribution in [0.1, 0.15) is 0 Å². The van der Waals surface area contributed by atoms with Crippen molar-refractivity contribution in [1.29, 1.82) is 0 Å². The van der Waals surface area contributed by atoms with Crippen LogP contribution in [0.5, 0.6) is 0 Å². The molecule has 0 atom stereocenters. The van der Waals surface area contributed by atoms with E-state index in [4.69, 9.17) is 0 Å². The van der Waals surface area contributed by atoms with E-state index in [2.05, 4.69) is 4.18 Å². The van der Waals surface area contributed by atoms with Crippen molar-refractivity contribution in [1.82, 2.24) is 0 Å². The molecule has 0 bridgehead atoms. The molecule has 2 aromatic carbocycles. The Morgan fingerprint density at radius 1 is 0.895 bits per heavy atom. The van der Waals surface area contributed by atoms with Gasteiger partial charge in [-0.1, -0.05) is 42.5 Å². The van der Waals surface area contributed by atoms with E-state index in [1.165, 1.54) is 12.1 Å². The van der Waals surface area contributed by atoms with Crippen LogP contribution in [-0.4, -0.2) is 21.7 Å². The number of rotatable bonds is 5. The van der Waals surface area contributed by atoms with E-state index in [0.29, 0.717) is 0 Å². The van der Waals surface area contributed by atoms with Gasteiger partial charge in [0.05, 0.1) is 11.5 Å². The molecule has 100 valence electrons.